The van der Waals surface area contributed by atoms with E-state index < -0.39 is 29.4 Å². The summed E-state index contributed by atoms with van der Waals surface area (Å²) in [7, 11) is 0. The van der Waals surface area contributed by atoms with Gasteiger partial charge in [0.15, 0.2) is 0 Å². The van der Waals surface area contributed by atoms with Gasteiger partial charge in [0, 0.05) is 18.6 Å². The fourth-order valence-electron chi connectivity index (χ4n) is 2.37. The van der Waals surface area contributed by atoms with Crippen LogP contribution in [-0.4, -0.2) is 23.5 Å². The summed E-state index contributed by atoms with van der Waals surface area (Å²) in [4.78, 5) is 22.7. The van der Waals surface area contributed by atoms with Gasteiger partial charge in [-0.05, 0) is 37.0 Å². The summed E-state index contributed by atoms with van der Waals surface area (Å²) in [6, 6.07) is 2.36. The summed E-state index contributed by atoms with van der Waals surface area (Å²) in [6.07, 6.45) is 0.951. The summed E-state index contributed by atoms with van der Waals surface area (Å²) < 4.78 is 28.1. The molecule has 4 nitrogen and oxygen atoms in total. The molecule has 1 aromatic rings. The third-order valence-electron chi connectivity index (χ3n) is 3.35. The van der Waals surface area contributed by atoms with E-state index in [1.165, 1.54) is 12.1 Å². The molecule has 1 aliphatic rings. The molecule has 1 heterocycles. The number of aryl methyl sites for hydroxylation is 1. The second kappa shape index (κ2) is 6.09. The molecular formula is C14H15F2NO3. The third-order valence-corrected chi connectivity index (χ3v) is 3.35. The molecular weight excluding hydrogens is 268 g/mol. The van der Waals surface area contributed by atoms with Crippen LogP contribution in [-0.2, 0) is 16.0 Å². The SMILES string of the molecule is O=C1CC[C@H](c2c(F)cc(CCCO)cc2F)C(=O)N1. The fraction of sp³-hybridized carbons (Fsp3) is 0.429. The minimum atomic E-state index is -0.973. The van der Waals surface area contributed by atoms with Crippen molar-refractivity contribution >= 4 is 11.8 Å². The van der Waals surface area contributed by atoms with Crippen LogP contribution >= 0.6 is 0 Å². The van der Waals surface area contributed by atoms with Crippen molar-refractivity contribution in [3.63, 3.8) is 0 Å². The standard InChI is InChI=1S/C14H15F2NO3/c15-10-6-8(2-1-5-18)7-11(16)13(10)9-3-4-12(19)17-14(9)20/h6-7,9,18H,1-5H2,(H,17,19,20)/t9-/m1/s1. The minimum absolute atomic E-state index is 0.0574. The van der Waals surface area contributed by atoms with Crippen molar-refractivity contribution in [2.24, 2.45) is 0 Å². The van der Waals surface area contributed by atoms with Crippen molar-refractivity contribution in [3.8, 4) is 0 Å². The van der Waals surface area contributed by atoms with E-state index in [2.05, 4.69) is 5.32 Å². The van der Waals surface area contributed by atoms with Crippen molar-refractivity contribution in [1.29, 1.82) is 0 Å². The number of aliphatic hydroxyl groups excluding tert-OH is 1. The number of hydrogen-bond acceptors (Lipinski definition) is 3. The van der Waals surface area contributed by atoms with Gasteiger partial charge in [0.05, 0.1) is 5.92 Å². The van der Waals surface area contributed by atoms with Crippen LogP contribution in [0.25, 0.3) is 0 Å². The van der Waals surface area contributed by atoms with Crippen LogP contribution in [0.1, 0.15) is 36.3 Å². The first-order valence-electron chi connectivity index (χ1n) is 6.45. The van der Waals surface area contributed by atoms with Crippen LogP contribution in [0.4, 0.5) is 8.78 Å². The number of nitrogens with one attached hydrogen (secondary N) is 1. The van der Waals surface area contributed by atoms with Crippen molar-refractivity contribution < 1.29 is 23.5 Å². The Morgan fingerprint density at radius 3 is 2.45 bits per heavy atom. The molecule has 2 amide bonds. The van der Waals surface area contributed by atoms with E-state index in [9.17, 15) is 18.4 Å². The lowest BCUT2D eigenvalue weighted by molar-refractivity contribution is -0.134. The van der Waals surface area contributed by atoms with Crippen LogP contribution in [0.5, 0.6) is 0 Å². The van der Waals surface area contributed by atoms with Crippen molar-refractivity contribution in [2.75, 3.05) is 6.61 Å². The number of piperidine rings is 1. The molecule has 0 saturated carbocycles. The van der Waals surface area contributed by atoms with Crippen LogP contribution in [0.3, 0.4) is 0 Å². The van der Waals surface area contributed by atoms with Crippen LogP contribution < -0.4 is 5.32 Å². The lowest BCUT2D eigenvalue weighted by atomic mass is 9.88. The van der Waals surface area contributed by atoms with Crippen LogP contribution in [0.15, 0.2) is 12.1 Å². The van der Waals surface area contributed by atoms with Gasteiger partial charge >= 0.3 is 0 Å². The van der Waals surface area contributed by atoms with Gasteiger partial charge in [-0.15, -0.1) is 0 Å². The Bertz CT molecular complexity index is 522. The molecule has 1 fully saturated rings. The molecule has 6 heteroatoms. The Labute approximate surface area is 114 Å². The predicted molar refractivity (Wildman–Crippen MR) is 66.9 cm³/mol. The predicted octanol–water partition coefficient (Wildman–Crippen LogP) is 1.41. The van der Waals surface area contributed by atoms with E-state index in [0.29, 0.717) is 18.4 Å². The van der Waals surface area contributed by atoms with E-state index in [4.69, 9.17) is 5.11 Å². The molecule has 1 aromatic carbocycles. The van der Waals surface area contributed by atoms with Gasteiger partial charge < -0.3 is 5.11 Å². The molecule has 0 aliphatic carbocycles. The molecule has 0 unspecified atom stereocenters. The normalized spacial score (nSPS) is 19.1. The Balaban J connectivity index is 2.28. The second-order valence-electron chi connectivity index (χ2n) is 4.80. The van der Waals surface area contributed by atoms with E-state index in [-0.39, 0.29) is 25.0 Å². The molecule has 0 spiro atoms. The number of hydrogen-bond donors (Lipinski definition) is 2. The number of amides is 2. The maximum absolute atomic E-state index is 14.0. The first-order chi connectivity index (χ1) is 9.52. The summed E-state index contributed by atoms with van der Waals surface area (Å²) in [6.45, 7) is -0.0574. The lowest BCUT2D eigenvalue weighted by Crippen LogP contribution is -2.40. The van der Waals surface area contributed by atoms with Crippen LogP contribution in [0, 0.1) is 11.6 Å². The second-order valence-corrected chi connectivity index (χ2v) is 4.80. The highest BCUT2D eigenvalue weighted by Crippen LogP contribution is 2.30. The monoisotopic (exact) mass is 283 g/mol. The minimum Gasteiger partial charge on any atom is -0.396 e. The van der Waals surface area contributed by atoms with Crippen molar-refractivity contribution in [1.82, 2.24) is 5.32 Å². The lowest BCUT2D eigenvalue weighted by Gasteiger charge is -2.22. The largest absolute Gasteiger partial charge is 0.396 e. The molecule has 2 N–H and O–H groups in total. The summed E-state index contributed by atoms with van der Waals surface area (Å²) in [5.41, 5.74) is 0.146. The van der Waals surface area contributed by atoms with E-state index in [1.807, 2.05) is 0 Å². The average Bonchev–Trinajstić information content (AvgIpc) is 2.38. The van der Waals surface area contributed by atoms with Gasteiger partial charge in [-0.3, -0.25) is 14.9 Å². The van der Waals surface area contributed by atoms with Gasteiger partial charge in [-0.2, -0.15) is 0 Å². The molecule has 1 aliphatic heterocycles. The maximum Gasteiger partial charge on any atom is 0.234 e. The Hall–Kier alpha value is -1.82. The van der Waals surface area contributed by atoms with Gasteiger partial charge in [0.1, 0.15) is 11.6 Å². The molecule has 1 saturated heterocycles. The number of aliphatic hydroxyl groups is 1. The smallest absolute Gasteiger partial charge is 0.234 e. The molecule has 1 atom stereocenters. The Morgan fingerprint density at radius 2 is 1.90 bits per heavy atom. The number of halogens is 2. The third kappa shape index (κ3) is 3.01. The topological polar surface area (TPSA) is 66.4 Å². The fourth-order valence-corrected chi connectivity index (χ4v) is 2.37. The molecule has 0 radical (unpaired) electrons. The highest BCUT2D eigenvalue weighted by atomic mass is 19.1. The summed E-state index contributed by atoms with van der Waals surface area (Å²) >= 11 is 0. The van der Waals surface area contributed by atoms with E-state index in [0.717, 1.165) is 0 Å². The Kier molecular flexibility index (Phi) is 4.44. The van der Waals surface area contributed by atoms with Gasteiger partial charge in [0.25, 0.3) is 0 Å². The van der Waals surface area contributed by atoms with E-state index in [1.54, 1.807) is 0 Å². The molecule has 2 rings (SSSR count). The zero-order chi connectivity index (χ0) is 14.7. The molecule has 0 bridgehead atoms. The van der Waals surface area contributed by atoms with Gasteiger partial charge in [-0.1, -0.05) is 0 Å². The molecule has 0 aromatic heterocycles. The van der Waals surface area contributed by atoms with Crippen LogP contribution in [0.2, 0.25) is 0 Å². The maximum atomic E-state index is 14.0. The van der Waals surface area contributed by atoms with Gasteiger partial charge in [-0.25, -0.2) is 8.78 Å². The zero-order valence-corrected chi connectivity index (χ0v) is 10.8. The first-order valence-corrected chi connectivity index (χ1v) is 6.45. The number of benzene rings is 1. The first kappa shape index (κ1) is 14.6. The zero-order valence-electron chi connectivity index (χ0n) is 10.8. The Morgan fingerprint density at radius 1 is 1.25 bits per heavy atom. The number of carbonyl (C=O) groups excluding carboxylic acids is 2. The molecule has 108 valence electrons. The van der Waals surface area contributed by atoms with Gasteiger partial charge in [0.2, 0.25) is 11.8 Å². The van der Waals surface area contributed by atoms with Crippen molar-refractivity contribution in [2.45, 2.75) is 31.6 Å². The molecule has 20 heavy (non-hydrogen) atoms. The summed E-state index contributed by atoms with van der Waals surface area (Å²) in [5.74, 6) is -3.63. The highest BCUT2D eigenvalue weighted by molar-refractivity contribution is 6.00. The number of imide groups is 1. The summed E-state index contributed by atoms with van der Waals surface area (Å²) in [5, 5.41) is 10.8. The highest BCUT2D eigenvalue weighted by Gasteiger charge is 2.32. The van der Waals surface area contributed by atoms with E-state index >= 15 is 0 Å². The quantitative estimate of drug-likeness (QED) is 0.821. The number of carbonyl (C=O) groups is 2. The number of rotatable bonds is 4. The average molecular weight is 283 g/mol. The van der Waals surface area contributed by atoms with Crippen molar-refractivity contribution in [3.05, 3.63) is 34.9 Å².